The Morgan fingerprint density at radius 3 is 2.10 bits per heavy atom. The molecule has 0 bridgehead atoms. The van der Waals surface area contributed by atoms with Crippen molar-refractivity contribution in [1.29, 1.82) is 0 Å². The van der Waals surface area contributed by atoms with E-state index in [-0.39, 0.29) is 36.5 Å². The van der Waals surface area contributed by atoms with E-state index < -0.39 is 12.0 Å². The van der Waals surface area contributed by atoms with Crippen LogP contribution < -0.4 is 10.1 Å². The number of nitrogens with zero attached hydrogens (tertiary/aromatic N) is 1. The van der Waals surface area contributed by atoms with Gasteiger partial charge in [-0.1, -0.05) is 31.4 Å². The summed E-state index contributed by atoms with van der Waals surface area (Å²) in [6, 6.07) is 6.79. The quantitative estimate of drug-likeness (QED) is 0.640. The first-order valence-electron chi connectivity index (χ1n) is 10.2. The van der Waals surface area contributed by atoms with Crippen LogP contribution in [-0.4, -0.2) is 53.7 Å². The number of rotatable bonds is 5. The van der Waals surface area contributed by atoms with Crippen molar-refractivity contribution >= 4 is 24.8 Å². The smallest absolute Gasteiger partial charge is 0.406 e. The van der Waals surface area contributed by atoms with Crippen molar-refractivity contribution in [2.75, 3.05) is 19.6 Å². The second-order valence-corrected chi connectivity index (χ2v) is 8.52. The number of hydrogen-bond acceptors (Lipinski definition) is 4. The van der Waals surface area contributed by atoms with Gasteiger partial charge in [0.1, 0.15) is 5.75 Å². The highest BCUT2D eigenvalue weighted by Gasteiger charge is 2.40. The monoisotopic (exact) mass is 472 g/mol. The number of aliphatic hydroxyl groups is 1. The van der Waals surface area contributed by atoms with Gasteiger partial charge in [-0.2, -0.15) is 0 Å². The van der Waals surface area contributed by atoms with Crippen LogP contribution >= 0.6 is 24.8 Å². The maximum absolute atomic E-state index is 12.5. The molecule has 0 spiro atoms. The van der Waals surface area contributed by atoms with E-state index in [1.165, 1.54) is 12.1 Å². The van der Waals surface area contributed by atoms with Gasteiger partial charge in [0.2, 0.25) is 0 Å². The zero-order valence-corrected chi connectivity index (χ0v) is 19.1. The summed E-state index contributed by atoms with van der Waals surface area (Å²) < 4.78 is 41.4. The third-order valence-electron chi connectivity index (χ3n) is 5.96. The predicted molar refractivity (Wildman–Crippen MR) is 117 cm³/mol. The van der Waals surface area contributed by atoms with Crippen molar-refractivity contribution in [3.8, 4) is 5.75 Å². The van der Waals surface area contributed by atoms with Gasteiger partial charge >= 0.3 is 6.36 Å². The Kier molecular flexibility index (Phi) is 10.2. The van der Waals surface area contributed by atoms with Gasteiger partial charge in [-0.15, -0.1) is 38.0 Å². The number of hydrogen-bond donors (Lipinski definition) is 2. The lowest BCUT2D eigenvalue weighted by atomic mass is 9.72. The van der Waals surface area contributed by atoms with Crippen molar-refractivity contribution in [3.05, 3.63) is 29.8 Å². The van der Waals surface area contributed by atoms with Crippen molar-refractivity contribution in [2.45, 2.75) is 75.9 Å². The number of halogens is 5. The van der Waals surface area contributed by atoms with Crippen molar-refractivity contribution < 1.29 is 23.0 Å². The summed E-state index contributed by atoms with van der Waals surface area (Å²) in [7, 11) is 0. The van der Waals surface area contributed by atoms with Crippen LogP contribution in [0.3, 0.4) is 0 Å². The lowest BCUT2D eigenvalue weighted by Gasteiger charge is -2.44. The van der Waals surface area contributed by atoms with Gasteiger partial charge in [0, 0.05) is 37.6 Å². The highest BCUT2D eigenvalue weighted by Crippen LogP contribution is 2.41. The zero-order valence-electron chi connectivity index (χ0n) is 17.5. The molecule has 0 amide bonds. The van der Waals surface area contributed by atoms with Gasteiger partial charge in [-0.25, -0.2) is 0 Å². The number of piperazine rings is 1. The molecule has 1 heterocycles. The Morgan fingerprint density at radius 1 is 1.07 bits per heavy atom. The summed E-state index contributed by atoms with van der Waals surface area (Å²) in [5, 5.41) is 15.0. The molecule has 174 valence electrons. The highest BCUT2D eigenvalue weighted by atomic mass is 35.5. The van der Waals surface area contributed by atoms with Crippen LogP contribution in [0.25, 0.3) is 0 Å². The molecular formula is C21H33Cl2F3N2O2. The Hall–Kier alpha value is -0.730. The van der Waals surface area contributed by atoms with E-state index in [1.54, 1.807) is 12.1 Å². The van der Waals surface area contributed by atoms with E-state index in [4.69, 9.17) is 0 Å². The van der Waals surface area contributed by atoms with Gasteiger partial charge in [-0.05, 0) is 44.4 Å². The van der Waals surface area contributed by atoms with Crippen LogP contribution in [0.1, 0.15) is 57.4 Å². The fraction of sp³-hybridized carbons (Fsp3) is 0.714. The molecule has 3 rings (SSSR count). The molecule has 1 aromatic rings. The lowest BCUT2D eigenvalue weighted by Crippen LogP contribution is -2.56. The number of nitrogens with one attached hydrogen (secondary N) is 1. The Balaban J connectivity index is 0.00000225. The fourth-order valence-electron chi connectivity index (χ4n) is 4.85. The molecule has 0 radical (unpaired) electrons. The zero-order chi connectivity index (χ0) is 20.4. The molecule has 4 nitrogen and oxygen atoms in total. The minimum Gasteiger partial charge on any atom is -0.406 e. The van der Waals surface area contributed by atoms with Crippen LogP contribution in [0.15, 0.2) is 24.3 Å². The van der Waals surface area contributed by atoms with Gasteiger partial charge in [0.25, 0.3) is 0 Å². The maximum atomic E-state index is 12.5. The molecule has 1 saturated carbocycles. The Labute approximate surface area is 189 Å². The highest BCUT2D eigenvalue weighted by molar-refractivity contribution is 5.85. The van der Waals surface area contributed by atoms with Crippen LogP contribution in [-0.2, 0) is 0 Å². The molecule has 2 aliphatic rings. The Morgan fingerprint density at radius 2 is 1.60 bits per heavy atom. The number of alkyl halides is 3. The number of ether oxygens (including phenoxy) is 1. The third kappa shape index (κ3) is 7.45. The molecule has 3 unspecified atom stereocenters. The van der Waals surface area contributed by atoms with Crippen molar-refractivity contribution in [1.82, 2.24) is 10.2 Å². The standard InChI is InChI=1S/C21H31F3N2O2.2ClH/c1-15-12-26(13-16(2)25-15)14-19(20(27)10-4-3-5-11-20)17-6-8-18(9-7-17)28-21(22,23)24;;/h6-9,15-16,19,25,27H,3-5,10-14H2,1-2H3;2*1H. The molecule has 2 fully saturated rings. The van der Waals surface area contributed by atoms with Gasteiger partial charge in [0.15, 0.2) is 0 Å². The van der Waals surface area contributed by atoms with E-state index in [0.717, 1.165) is 50.8 Å². The largest absolute Gasteiger partial charge is 0.573 e. The summed E-state index contributed by atoms with van der Waals surface area (Å²) in [6.45, 7) is 6.79. The van der Waals surface area contributed by atoms with Crippen LogP contribution in [0.2, 0.25) is 0 Å². The molecule has 9 heteroatoms. The summed E-state index contributed by atoms with van der Waals surface area (Å²) in [5.74, 6) is -0.361. The fourth-order valence-corrected chi connectivity index (χ4v) is 4.85. The molecule has 1 aliphatic heterocycles. The van der Waals surface area contributed by atoms with Crippen molar-refractivity contribution in [2.24, 2.45) is 0 Å². The van der Waals surface area contributed by atoms with E-state index in [1.807, 2.05) is 0 Å². The average molecular weight is 473 g/mol. The molecule has 3 atom stereocenters. The first-order chi connectivity index (χ1) is 13.1. The van der Waals surface area contributed by atoms with E-state index in [9.17, 15) is 18.3 Å². The minimum absolute atomic E-state index is 0. The molecule has 30 heavy (non-hydrogen) atoms. The summed E-state index contributed by atoms with van der Waals surface area (Å²) in [5.41, 5.74) is 0.0555. The lowest BCUT2D eigenvalue weighted by molar-refractivity contribution is -0.274. The summed E-state index contributed by atoms with van der Waals surface area (Å²) in [6.07, 6.45) is -0.150. The summed E-state index contributed by atoms with van der Waals surface area (Å²) in [4.78, 5) is 2.36. The maximum Gasteiger partial charge on any atom is 0.573 e. The van der Waals surface area contributed by atoms with Gasteiger partial charge < -0.3 is 15.2 Å². The predicted octanol–water partition coefficient (Wildman–Crippen LogP) is 4.89. The van der Waals surface area contributed by atoms with Gasteiger partial charge in [0.05, 0.1) is 5.60 Å². The molecule has 1 aliphatic carbocycles. The van der Waals surface area contributed by atoms with E-state index in [2.05, 4.69) is 28.8 Å². The normalized spacial score (nSPS) is 25.5. The second-order valence-electron chi connectivity index (χ2n) is 8.52. The molecule has 1 aromatic carbocycles. The molecule has 1 saturated heterocycles. The SMILES string of the molecule is CC1CN(CC(c2ccc(OC(F)(F)F)cc2)C2(O)CCCCC2)CC(C)N1.Cl.Cl. The number of benzene rings is 1. The molecular weight excluding hydrogens is 440 g/mol. The van der Waals surface area contributed by atoms with Gasteiger partial charge in [-0.3, -0.25) is 4.90 Å². The van der Waals surface area contributed by atoms with Crippen molar-refractivity contribution in [3.63, 3.8) is 0 Å². The second kappa shape index (κ2) is 11.2. The average Bonchev–Trinajstić information content (AvgIpc) is 2.59. The van der Waals surface area contributed by atoms with Crippen LogP contribution in [0.5, 0.6) is 5.75 Å². The summed E-state index contributed by atoms with van der Waals surface area (Å²) >= 11 is 0. The minimum atomic E-state index is -4.70. The van der Waals surface area contributed by atoms with Crippen LogP contribution in [0, 0.1) is 0 Å². The van der Waals surface area contributed by atoms with E-state index in [0.29, 0.717) is 18.6 Å². The first kappa shape index (κ1) is 27.3. The molecule has 2 N–H and O–H groups in total. The van der Waals surface area contributed by atoms with Crippen LogP contribution in [0.4, 0.5) is 13.2 Å². The Bertz CT molecular complexity index is 630. The van der Waals surface area contributed by atoms with E-state index >= 15 is 0 Å². The topological polar surface area (TPSA) is 44.7 Å². The molecule has 0 aromatic heterocycles. The third-order valence-corrected chi connectivity index (χ3v) is 5.96. The first-order valence-corrected chi connectivity index (χ1v) is 10.2.